The summed E-state index contributed by atoms with van der Waals surface area (Å²) in [5, 5.41) is 0. The molecule has 0 atom stereocenters. The second-order valence-electron chi connectivity index (χ2n) is 4.56. The van der Waals surface area contributed by atoms with Gasteiger partial charge in [0.25, 0.3) is 10.1 Å². The minimum absolute atomic E-state index is 0.0473. The molecule has 6 heteroatoms. The second-order valence-corrected chi connectivity index (χ2v) is 5.95. The van der Waals surface area contributed by atoms with E-state index in [0.29, 0.717) is 38.4 Å². The molecule has 0 saturated heterocycles. The summed E-state index contributed by atoms with van der Waals surface area (Å²) in [6, 6.07) is 4.83. The van der Waals surface area contributed by atoms with Gasteiger partial charge < -0.3 is 9.47 Å². The molecule has 1 N–H and O–H groups in total. The third-order valence-electron chi connectivity index (χ3n) is 2.73. The smallest absolute Gasteiger partial charge is 0.294 e. The van der Waals surface area contributed by atoms with Crippen LogP contribution in [0.25, 0.3) is 0 Å². The van der Waals surface area contributed by atoms with Gasteiger partial charge in [0, 0.05) is 6.61 Å². The number of aryl methyl sites for hydroxylation is 1. The van der Waals surface area contributed by atoms with Gasteiger partial charge in [0.15, 0.2) is 0 Å². The van der Waals surface area contributed by atoms with Crippen molar-refractivity contribution in [1.29, 1.82) is 0 Å². The van der Waals surface area contributed by atoms with E-state index < -0.39 is 10.1 Å². The highest BCUT2D eigenvalue weighted by atomic mass is 32.2. The molecule has 0 spiro atoms. The molecule has 5 nitrogen and oxygen atoms in total. The monoisotopic (exact) mass is 302 g/mol. The molecule has 0 aliphatic heterocycles. The van der Waals surface area contributed by atoms with Gasteiger partial charge in [-0.15, -0.1) is 0 Å². The lowest BCUT2D eigenvalue weighted by atomic mass is 10.1. The molecule has 0 amide bonds. The van der Waals surface area contributed by atoms with Gasteiger partial charge in [0.1, 0.15) is 0 Å². The minimum Gasteiger partial charge on any atom is -0.379 e. The molecule has 0 aliphatic carbocycles. The summed E-state index contributed by atoms with van der Waals surface area (Å²) >= 11 is 0. The maximum Gasteiger partial charge on any atom is 0.294 e. The van der Waals surface area contributed by atoms with E-state index in [1.54, 1.807) is 12.1 Å². The number of rotatable bonds is 9. The van der Waals surface area contributed by atoms with Crippen LogP contribution in [0, 0.1) is 6.92 Å². The van der Waals surface area contributed by atoms with E-state index in [1.165, 1.54) is 6.07 Å². The zero-order chi connectivity index (χ0) is 15.0. The lowest BCUT2D eigenvalue weighted by Gasteiger charge is -2.09. The SMILES string of the molecule is CCCOCCOCCc1cc(C)ccc1S(=O)(=O)O. The summed E-state index contributed by atoms with van der Waals surface area (Å²) in [5.41, 5.74) is 1.51. The minimum atomic E-state index is -4.19. The molecule has 0 fully saturated rings. The van der Waals surface area contributed by atoms with Gasteiger partial charge in [-0.1, -0.05) is 24.6 Å². The first-order valence-corrected chi connectivity index (χ1v) is 8.11. The fourth-order valence-electron chi connectivity index (χ4n) is 1.80. The van der Waals surface area contributed by atoms with E-state index in [-0.39, 0.29) is 4.90 Å². The van der Waals surface area contributed by atoms with Crippen molar-refractivity contribution in [2.24, 2.45) is 0 Å². The third kappa shape index (κ3) is 6.00. The van der Waals surface area contributed by atoms with Crippen LogP contribution in [-0.4, -0.2) is 39.4 Å². The third-order valence-corrected chi connectivity index (χ3v) is 3.68. The van der Waals surface area contributed by atoms with Crippen molar-refractivity contribution in [1.82, 2.24) is 0 Å². The highest BCUT2D eigenvalue weighted by molar-refractivity contribution is 7.85. The Bertz CT molecular complexity index is 510. The van der Waals surface area contributed by atoms with E-state index in [2.05, 4.69) is 0 Å². The summed E-state index contributed by atoms with van der Waals surface area (Å²) in [4.78, 5) is -0.0473. The fraction of sp³-hybridized carbons (Fsp3) is 0.571. The molecule has 1 rings (SSSR count). The van der Waals surface area contributed by atoms with Gasteiger partial charge in [-0.05, 0) is 31.4 Å². The van der Waals surface area contributed by atoms with Crippen LogP contribution in [0.3, 0.4) is 0 Å². The first-order valence-electron chi connectivity index (χ1n) is 6.67. The maximum absolute atomic E-state index is 11.3. The number of hydrogen-bond donors (Lipinski definition) is 1. The summed E-state index contributed by atoms with van der Waals surface area (Å²) in [6.07, 6.45) is 1.41. The standard InChI is InChI=1S/C14H22O5S/c1-3-7-18-9-10-19-8-6-13-11-12(2)4-5-14(13)20(15,16)17/h4-5,11H,3,6-10H2,1-2H3,(H,15,16,17). The lowest BCUT2D eigenvalue weighted by Crippen LogP contribution is -2.09. The molecule has 0 heterocycles. The lowest BCUT2D eigenvalue weighted by molar-refractivity contribution is 0.0490. The van der Waals surface area contributed by atoms with Gasteiger partial charge in [-0.25, -0.2) is 0 Å². The Balaban J connectivity index is 2.49. The van der Waals surface area contributed by atoms with Crippen molar-refractivity contribution in [2.75, 3.05) is 26.4 Å². The van der Waals surface area contributed by atoms with Crippen LogP contribution >= 0.6 is 0 Å². The molecular weight excluding hydrogens is 280 g/mol. The van der Waals surface area contributed by atoms with Gasteiger partial charge in [-0.3, -0.25) is 4.55 Å². The van der Waals surface area contributed by atoms with E-state index >= 15 is 0 Å². The van der Waals surface area contributed by atoms with Crippen molar-refractivity contribution in [3.63, 3.8) is 0 Å². The van der Waals surface area contributed by atoms with E-state index in [0.717, 1.165) is 12.0 Å². The van der Waals surface area contributed by atoms with Crippen LogP contribution in [0.4, 0.5) is 0 Å². The largest absolute Gasteiger partial charge is 0.379 e. The summed E-state index contributed by atoms with van der Waals surface area (Å²) in [5.74, 6) is 0. The Morgan fingerprint density at radius 1 is 1.10 bits per heavy atom. The molecule has 1 aromatic rings. The first-order chi connectivity index (χ1) is 9.45. The molecule has 0 unspecified atom stereocenters. The number of hydrogen-bond acceptors (Lipinski definition) is 4. The average Bonchev–Trinajstić information content (AvgIpc) is 2.36. The summed E-state index contributed by atoms with van der Waals surface area (Å²) < 4.78 is 42.4. The zero-order valence-corrected chi connectivity index (χ0v) is 12.8. The Morgan fingerprint density at radius 3 is 2.35 bits per heavy atom. The summed E-state index contributed by atoms with van der Waals surface area (Å²) in [6.45, 7) is 6.03. The Hall–Kier alpha value is -0.950. The molecule has 0 aliphatic rings. The maximum atomic E-state index is 11.3. The molecular formula is C14H22O5S. The molecule has 20 heavy (non-hydrogen) atoms. The quantitative estimate of drug-likeness (QED) is 0.559. The molecule has 114 valence electrons. The van der Waals surface area contributed by atoms with Gasteiger partial charge in [-0.2, -0.15) is 8.42 Å². The predicted octanol–water partition coefficient (Wildman–Crippen LogP) is 2.23. The van der Waals surface area contributed by atoms with E-state index in [1.807, 2.05) is 13.8 Å². The van der Waals surface area contributed by atoms with Gasteiger partial charge >= 0.3 is 0 Å². The molecule has 0 aromatic heterocycles. The van der Waals surface area contributed by atoms with Crippen LogP contribution < -0.4 is 0 Å². The highest BCUT2D eigenvalue weighted by Crippen LogP contribution is 2.17. The predicted molar refractivity (Wildman–Crippen MR) is 76.6 cm³/mol. The first kappa shape index (κ1) is 17.1. The van der Waals surface area contributed by atoms with Crippen molar-refractivity contribution in [2.45, 2.75) is 31.6 Å². The molecule has 0 saturated carbocycles. The van der Waals surface area contributed by atoms with E-state index in [4.69, 9.17) is 9.47 Å². The highest BCUT2D eigenvalue weighted by Gasteiger charge is 2.14. The van der Waals surface area contributed by atoms with Gasteiger partial charge in [0.2, 0.25) is 0 Å². The van der Waals surface area contributed by atoms with Crippen LogP contribution in [0.5, 0.6) is 0 Å². The second kappa shape index (κ2) is 8.36. The normalized spacial score (nSPS) is 11.8. The van der Waals surface area contributed by atoms with Crippen LogP contribution in [0.2, 0.25) is 0 Å². The number of ether oxygens (including phenoxy) is 2. The van der Waals surface area contributed by atoms with Crippen molar-refractivity contribution >= 4 is 10.1 Å². The Morgan fingerprint density at radius 2 is 1.75 bits per heavy atom. The fourth-order valence-corrected chi connectivity index (χ4v) is 2.54. The van der Waals surface area contributed by atoms with Crippen molar-refractivity contribution < 1.29 is 22.4 Å². The van der Waals surface area contributed by atoms with Crippen LogP contribution in [-0.2, 0) is 26.0 Å². The van der Waals surface area contributed by atoms with Crippen LogP contribution in [0.15, 0.2) is 23.1 Å². The van der Waals surface area contributed by atoms with E-state index in [9.17, 15) is 13.0 Å². The molecule has 0 radical (unpaired) electrons. The van der Waals surface area contributed by atoms with Crippen LogP contribution in [0.1, 0.15) is 24.5 Å². The average molecular weight is 302 g/mol. The van der Waals surface area contributed by atoms with Gasteiger partial charge in [0.05, 0.1) is 24.7 Å². The zero-order valence-electron chi connectivity index (χ0n) is 12.0. The van der Waals surface area contributed by atoms with Crippen molar-refractivity contribution in [3.8, 4) is 0 Å². The Labute approximate surface area is 120 Å². The molecule has 1 aromatic carbocycles. The summed E-state index contributed by atoms with van der Waals surface area (Å²) in [7, 11) is -4.19. The number of benzene rings is 1. The topological polar surface area (TPSA) is 72.8 Å². The Kier molecular flexibility index (Phi) is 7.15. The van der Waals surface area contributed by atoms with Crippen molar-refractivity contribution in [3.05, 3.63) is 29.3 Å². The molecule has 0 bridgehead atoms.